The third-order valence-corrected chi connectivity index (χ3v) is 5.85. The molecule has 1 N–H and O–H groups in total. The van der Waals surface area contributed by atoms with Gasteiger partial charge < -0.3 is 14.8 Å². The smallest absolute Gasteiger partial charge is 0.249 e. The lowest BCUT2D eigenvalue weighted by Crippen LogP contribution is -2.43. The van der Waals surface area contributed by atoms with Crippen molar-refractivity contribution in [2.75, 3.05) is 32.8 Å². The van der Waals surface area contributed by atoms with Crippen LogP contribution >= 0.6 is 0 Å². The van der Waals surface area contributed by atoms with E-state index in [0.29, 0.717) is 18.4 Å². The number of ether oxygens (including phenoxy) is 2. The minimum atomic E-state index is -0.238. The van der Waals surface area contributed by atoms with Crippen molar-refractivity contribution >= 4 is 5.91 Å². The Hall–Kier alpha value is -1.43. The molecule has 1 saturated carbocycles. The maximum Gasteiger partial charge on any atom is 0.249 e. The van der Waals surface area contributed by atoms with Gasteiger partial charge in [-0.05, 0) is 49.6 Å². The molecule has 2 heterocycles. The van der Waals surface area contributed by atoms with Gasteiger partial charge in [0.1, 0.15) is 6.10 Å². The van der Waals surface area contributed by atoms with E-state index in [9.17, 15) is 4.79 Å². The highest BCUT2D eigenvalue weighted by atomic mass is 16.5. The van der Waals surface area contributed by atoms with Gasteiger partial charge in [-0.2, -0.15) is 0 Å². The van der Waals surface area contributed by atoms with Crippen LogP contribution in [-0.4, -0.2) is 55.8 Å². The SMILES string of the molecule is O=C(NCC1CC1)[C@@H]1C[C@H]2CCN(CCOCc3ccccc3)C[C@H]2O1. The number of nitrogens with one attached hydrogen (secondary N) is 1. The van der Waals surface area contributed by atoms with Crippen molar-refractivity contribution in [3.05, 3.63) is 35.9 Å². The highest BCUT2D eigenvalue weighted by Gasteiger charge is 2.41. The van der Waals surface area contributed by atoms with Crippen LogP contribution in [0.1, 0.15) is 31.2 Å². The molecule has 142 valence electrons. The summed E-state index contributed by atoms with van der Waals surface area (Å²) in [7, 11) is 0. The molecular formula is C21H30N2O3. The number of benzene rings is 1. The normalized spacial score (nSPS) is 28.7. The van der Waals surface area contributed by atoms with E-state index in [1.165, 1.54) is 18.4 Å². The molecular weight excluding hydrogens is 328 g/mol. The van der Waals surface area contributed by atoms with Gasteiger partial charge in [0.15, 0.2) is 0 Å². The Morgan fingerprint density at radius 1 is 1.23 bits per heavy atom. The summed E-state index contributed by atoms with van der Waals surface area (Å²) in [6.07, 6.45) is 4.50. The fourth-order valence-electron chi connectivity index (χ4n) is 4.00. The number of fused-ring (bicyclic) bond motifs is 1. The van der Waals surface area contributed by atoms with E-state index in [2.05, 4.69) is 22.3 Å². The first-order valence-electron chi connectivity index (χ1n) is 10.0. The summed E-state index contributed by atoms with van der Waals surface area (Å²) in [4.78, 5) is 14.7. The van der Waals surface area contributed by atoms with Gasteiger partial charge in [-0.3, -0.25) is 9.69 Å². The van der Waals surface area contributed by atoms with Gasteiger partial charge in [-0.15, -0.1) is 0 Å². The second kappa shape index (κ2) is 8.51. The molecule has 1 aliphatic carbocycles. The number of carbonyl (C=O) groups excluding carboxylic acids is 1. The predicted molar refractivity (Wildman–Crippen MR) is 99.7 cm³/mol. The first-order valence-corrected chi connectivity index (χ1v) is 10.0. The van der Waals surface area contributed by atoms with E-state index >= 15 is 0 Å². The second-order valence-corrected chi connectivity index (χ2v) is 7.97. The molecule has 3 aliphatic rings. The zero-order chi connectivity index (χ0) is 17.8. The van der Waals surface area contributed by atoms with Crippen LogP contribution in [0.4, 0.5) is 0 Å². The molecule has 5 nitrogen and oxygen atoms in total. The lowest BCUT2D eigenvalue weighted by Gasteiger charge is -2.33. The van der Waals surface area contributed by atoms with Crippen LogP contribution < -0.4 is 5.32 Å². The number of amides is 1. The van der Waals surface area contributed by atoms with Crippen molar-refractivity contribution in [1.29, 1.82) is 0 Å². The number of rotatable bonds is 8. The Bertz CT molecular complexity index is 590. The average molecular weight is 358 g/mol. The fourth-order valence-corrected chi connectivity index (χ4v) is 4.00. The molecule has 0 aromatic heterocycles. The quantitative estimate of drug-likeness (QED) is 0.724. The van der Waals surface area contributed by atoms with Gasteiger partial charge in [0, 0.05) is 19.6 Å². The first-order chi connectivity index (χ1) is 12.8. The zero-order valence-corrected chi connectivity index (χ0v) is 15.4. The Morgan fingerprint density at radius 2 is 2.08 bits per heavy atom. The maximum atomic E-state index is 12.3. The van der Waals surface area contributed by atoms with Crippen molar-refractivity contribution in [2.45, 2.75) is 44.5 Å². The molecule has 1 amide bonds. The summed E-state index contributed by atoms with van der Waals surface area (Å²) < 4.78 is 11.9. The van der Waals surface area contributed by atoms with Gasteiger partial charge >= 0.3 is 0 Å². The van der Waals surface area contributed by atoms with Crippen LogP contribution in [0.3, 0.4) is 0 Å². The van der Waals surface area contributed by atoms with Crippen molar-refractivity contribution in [3.63, 3.8) is 0 Å². The van der Waals surface area contributed by atoms with E-state index < -0.39 is 0 Å². The fraction of sp³-hybridized carbons (Fsp3) is 0.667. The molecule has 26 heavy (non-hydrogen) atoms. The second-order valence-electron chi connectivity index (χ2n) is 7.97. The zero-order valence-electron chi connectivity index (χ0n) is 15.4. The number of hydrogen-bond acceptors (Lipinski definition) is 4. The first kappa shape index (κ1) is 18.0. The van der Waals surface area contributed by atoms with Gasteiger partial charge in [0.05, 0.1) is 19.3 Å². The van der Waals surface area contributed by atoms with Crippen LogP contribution in [0.25, 0.3) is 0 Å². The largest absolute Gasteiger partial charge is 0.375 e. The van der Waals surface area contributed by atoms with Crippen molar-refractivity contribution in [3.8, 4) is 0 Å². The molecule has 3 fully saturated rings. The standard InChI is InChI=1S/C21H30N2O3/c24-21(22-13-16-6-7-16)19-12-18-8-9-23(14-20(18)26-19)10-11-25-15-17-4-2-1-3-5-17/h1-5,16,18-20H,6-15H2,(H,22,24)/t18-,19+,20-/m1/s1. The molecule has 4 rings (SSSR count). The Kier molecular flexibility index (Phi) is 5.88. The van der Waals surface area contributed by atoms with Gasteiger partial charge in [-0.25, -0.2) is 0 Å². The number of carbonyl (C=O) groups is 1. The summed E-state index contributed by atoms with van der Waals surface area (Å²) >= 11 is 0. The van der Waals surface area contributed by atoms with Gasteiger partial charge in [0.2, 0.25) is 5.91 Å². The molecule has 0 unspecified atom stereocenters. The van der Waals surface area contributed by atoms with Crippen molar-refractivity contribution in [2.24, 2.45) is 11.8 Å². The average Bonchev–Trinajstić information content (AvgIpc) is 3.41. The lowest BCUT2D eigenvalue weighted by atomic mass is 9.91. The maximum absolute atomic E-state index is 12.3. The molecule has 2 aliphatic heterocycles. The molecule has 5 heteroatoms. The minimum Gasteiger partial charge on any atom is -0.375 e. The van der Waals surface area contributed by atoms with E-state index in [1.54, 1.807) is 0 Å². The van der Waals surface area contributed by atoms with Crippen molar-refractivity contribution in [1.82, 2.24) is 10.2 Å². The summed E-state index contributed by atoms with van der Waals surface area (Å²) in [5.41, 5.74) is 1.21. The third-order valence-electron chi connectivity index (χ3n) is 5.85. The molecule has 3 atom stereocenters. The van der Waals surface area contributed by atoms with Crippen LogP contribution in [0.15, 0.2) is 30.3 Å². The predicted octanol–water partition coefficient (Wildman–Crippen LogP) is 2.21. The van der Waals surface area contributed by atoms with Crippen LogP contribution in [0.5, 0.6) is 0 Å². The Balaban J connectivity index is 1.15. The molecule has 0 spiro atoms. The van der Waals surface area contributed by atoms with E-state index in [4.69, 9.17) is 9.47 Å². The Labute approximate surface area is 156 Å². The van der Waals surface area contributed by atoms with E-state index in [-0.39, 0.29) is 18.1 Å². The van der Waals surface area contributed by atoms with Crippen LogP contribution in [0, 0.1) is 11.8 Å². The molecule has 1 aromatic carbocycles. The monoisotopic (exact) mass is 358 g/mol. The van der Waals surface area contributed by atoms with Crippen LogP contribution in [-0.2, 0) is 20.9 Å². The molecule has 1 aromatic rings. The van der Waals surface area contributed by atoms with Gasteiger partial charge in [0.25, 0.3) is 0 Å². The summed E-state index contributed by atoms with van der Waals surface area (Å²) in [6, 6.07) is 10.3. The molecule has 0 radical (unpaired) electrons. The highest BCUT2D eigenvalue weighted by molar-refractivity contribution is 5.81. The van der Waals surface area contributed by atoms with Gasteiger partial charge in [-0.1, -0.05) is 30.3 Å². The summed E-state index contributed by atoms with van der Waals surface area (Å²) in [5.74, 6) is 1.35. The molecule has 2 saturated heterocycles. The number of likely N-dealkylation sites (tertiary alicyclic amines) is 1. The number of piperidine rings is 1. The highest BCUT2D eigenvalue weighted by Crippen LogP contribution is 2.33. The Morgan fingerprint density at radius 3 is 2.88 bits per heavy atom. The number of nitrogens with zero attached hydrogens (tertiary/aromatic N) is 1. The van der Waals surface area contributed by atoms with Crippen LogP contribution in [0.2, 0.25) is 0 Å². The van der Waals surface area contributed by atoms with Crippen molar-refractivity contribution < 1.29 is 14.3 Å². The minimum absolute atomic E-state index is 0.101. The lowest BCUT2D eigenvalue weighted by molar-refractivity contribution is -0.133. The molecule has 0 bridgehead atoms. The third kappa shape index (κ3) is 4.84. The summed E-state index contributed by atoms with van der Waals surface area (Å²) in [6.45, 7) is 5.16. The summed E-state index contributed by atoms with van der Waals surface area (Å²) in [5, 5.41) is 3.07. The topological polar surface area (TPSA) is 50.8 Å². The van der Waals surface area contributed by atoms with E-state index in [0.717, 1.165) is 45.6 Å². The van der Waals surface area contributed by atoms with E-state index in [1.807, 2.05) is 18.2 Å². The number of hydrogen-bond donors (Lipinski definition) is 1.